The van der Waals surface area contributed by atoms with Gasteiger partial charge in [0.25, 0.3) is 0 Å². The molecule has 0 bridgehead atoms. The van der Waals surface area contributed by atoms with Crippen molar-refractivity contribution in [2.45, 2.75) is 19.6 Å². The summed E-state index contributed by atoms with van der Waals surface area (Å²) in [5, 5.41) is 0. The molecule has 1 atom stereocenters. The summed E-state index contributed by atoms with van der Waals surface area (Å²) in [5.74, 6) is 0.548. The van der Waals surface area contributed by atoms with E-state index in [-0.39, 0.29) is 6.10 Å². The Kier molecular flexibility index (Phi) is 6.63. The summed E-state index contributed by atoms with van der Waals surface area (Å²) >= 11 is 0. The van der Waals surface area contributed by atoms with Gasteiger partial charge in [0.15, 0.2) is 0 Å². The lowest BCUT2D eigenvalue weighted by Gasteiger charge is -2.16. The summed E-state index contributed by atoms with van der Waals surface area (Å²) in [6.45, 7) is 2.71. The van der Waals surface area contributed by atoms with Gasteiger partial charge in [0.1, 0.15) is 29.8 Å². The molecule has 0 aliphatic rings. The highest BCUT2D eigenvalue weighted by atomic mass is 16.5. The van der Waals surface area contributed by atoms with Crippen LogP contribution in [0, 0.1) is 0 Å². The zero-order valence-corrected chi connectivity index (χ0v) is 14.2. The van der Waals surface area contributed by atoms with Crippen LogP contribution in [0.1, 0.15) is 22.8 Å². The van der Waals surface area contributed by atoms with E-state index in [1.165, 1.54) is 7.11 Å². The third-order valence-electron chi connectivity index (χ3n) is 3.33. The number of esters is 1. The minimum absolute atomic E-state index is 0.128. The molecule has 128 valence electrons. The maximum Gasteiger partial charge on any atom is 0.341 e. The van der Waals surface area contributed by atoms with Gasteiger partial charge in [-0.2, -0.15) is 0 Å². The van der Waals surface area contributed by atoms with Crippen molar-refractivity contribution in [3.05, 3.63) is 59.7 Å². The molecular weight excluding hydrogens is 308 g/mol. The molecule has 0 aliphatic carbocycles. The van der Waals surface area contributed by atoms with Crippen LogP contribution in [0.25, 0.3) is 0 Å². The smallest absolute Gasteiger partial charge is 0.341 e. The molecule has 5 nitrogen and oxygen atoms in total. The SMILES string of the molecule is COC[C@@H](C)Oc1ccc(OCc2ccccc2)c(C(=O)OC)c1. The predicted molar refractivity (Wildman–Crippen MR) is 90.5 cm³/mol. The molecular formula is C19H22O5. The van der Waals surface area contributed by atoms with Gasteiger partial charge in [0.05, 0.1) is 13.7 Å². The van der Waals surface area contributed by atoms with Crippen LogP contribution < -0.4 is 9.47 Å². The van der Waals surface area contributed by atoms with Gasteiger partial charge in [-0.3, -0.25) is 0 Å². The van der Waals surface area contributed by atoms with E-state index >= 15 is 0 Å². The Morgan fingerprint density at radius 1 is 1.08 bits per heavy atom. The molecule has 5 heteroatoms. The minimum Gasteiger partial charge on any atom is -0.488 e. The van der Waals surface area contributed by atoms with Crippen LogP contribution in [0.3, 0.4) is 0 Å². The van der Waals surface area contributed by atoms with Gasteiger partial charge in [-0.05, 0) is 30.7 Å². The highest BCUT2D eigenvalue weighted by Gasteiger charge is 2.16. The van der Waals surface area contributed by atoms with E-state index in [1.54, 1.807) is 25.3 Å². The molecule has 0 fully saturated rings. The Labute approximate surface area is 142 Å². The topological polar surface area (TPSA) is 54.0 Å². The van der Waals surface area contributed by atoms with Crippen molar-refractivity contribution in [1.82, 2.24) is 0 Å². The standard InChI is InChI=1S/C19H22O5/c1-14(12-21-2)24-16-9-10-18(17(11-16)19(20)22-3)23-13-15-7-5-4-6-8-15/h4-11,14H,12-13H2,1-3H3/t14-/m1/s1. The number of carbonyl (C=O) groups excluding carboxylic acids is 1. The number of hydrogen-bond acceptors (Lipinski definition) is 5. The first-order valence-electron chi connectivity index (χ1n) is 7.68. The second-order valence-corrected chi connectivity index (χ2v) is 5.31. The molecule has 0 unspecified atom stereocenters. The van der Waals surface area contributed by atoms with Crippen LogP contribution in [0.5, 0.6) is 11.5 Å². The van der Waals surface area contributed by atoms with Crippen LogP contribution >= 0.6 is 0 Å². The Morgan fingerprint density at radius 2 is 1.83 bits per heavy atom. The Bertz CT molecular complexity index is 654. The average Bonchev–Trinajstić information content (AvgIpc) is 2.61. The first-order valence-corrected chi connectivity index (χ1v) is 7.68. The Morgan fingerprint density at radius 3 is 2.50 bits per heavy atom. The summed E-state index contributed by atoms with van der Waals surface area (Å²) in [6, 6.07) is 14.8. The minimum atomic E-state index is -0.470. The molecule has 24 heavy (non-hydrogen) atoms. The van der Waals surface area contributed by atoms with Crippen LogP contribution in [-0.4, -0.2) is 32.9 Å². The number of carbonyl (C=O) groups is 1. The molecule has 0 heterocycles. The fourth-order valence-electron chi connectivity index (χ4n) is 2.21. The normalized spacial score (nSPS) is 11.6. The van der Waals surface area contributed by atoms with Crippen LogP contribution in [0.4, 0.5) is 0 Å². The van der Waals surface area contributed by atoms with Crippen LogP contribution in [0.2, 0.25) is 0 Å². The monoisotopic (exact) mass is 330 g/mol. The first kappa shape index (κ1) is 17.8. The maximum atomic E-state index is 12.0. The zero-order chi connectivity index (χ0) is 17.4. The predicted octanol–water partition coefficient (Wildman–Crippen LogP) is 3.47. The lowest BCUT2D eigenvalue weighted by atomic mass is 10.2. The van der Waals surface area contributed by atoms with E-state index in [9.17, 15) is 4.79 Å². The fraction of sp³-hybridized carbons (Fsp3) is 0.316. The first-order chi connectivity index (χ1) is 11.6. The largest absolute Gasteiger partial charge is 0.488 e. The molecule has 0 saturated carbocycles. The second kappa shape index (κ2) is 8.93. The van der Waals surface area contributed by atoms with Crippen LogP contribution in [-0.2, 0) is 16.1 Å². The number of methoxy groups -OCH3 is 2. The summed E-state index contributed by atoms with van der Waals surface area (Å²) in [6.07, 6.45) is -0.128. The van der Waals surface area contributed by atoms with Crippen molar-refractivity contribution < 1.29 is 23.7 Å². The van der Waals surface area contributed by atoms with Crippen molar-refractivity contribution in [1.29, 1.82) is 0 Å². The van der Waals surface area contributed by atoms with E-state index in [2.05, 4.69) is 0 Å². The van der Waals surface area contributed by atoms with Crippen LogP contribution in [0.15, 0.2) is 48.5 Å². The van der Waals surface area contributed by atoms with Gasteiger partial charge in [0, 0.05) is 7.11 Å². The number of rotatable bonds is 8. The van der Waals surface area contributed by atoms with Crippen molar-refractivity contribution in [2.75, 3.05) is 20.8 Å². The molecule has 0 saturated heterocycles. The van der Waals surface area contributed by atoms with E-state index in [4.69, 9.17) is 18.9 Å². The molecule has 0 aliphatic heterocycles. The molecule has 0 amide bonds. The summed E-state index contributed by atoms with van der Waals surface area (Å²) in [7, 11) is 2.95. The van der Waals surface area contributed by atoms with Gasteiger partial charge in [-0.1, -0.05) is 30.3 Å². The lowest BCUT2D eigenvalue weighted by Crippen LogP contribution is -2.18. The quantitative estimate of drug-likeness (QED) is 0.694. The van der Waals surface area contributed by atoms with E-state index in [0.29, 0.717) is 30.3 Å². The van der Waals surface area contributed by atoms with Gasteiger partial charge in [-0.15, -0.1) is 0 Å². The van der Waals surface area contributed by atoms with Gasteiger partial charge < -0.3 is 18.9 Å². The molecule has 0 radical (unpaired) electrons. The summed E-state index contributed by atoms with van der Waals surface area (Å²) in [4.78, 5) is 12.0. The molecule has 0 spiro atoms. The van der Waals surface area contributed by atoms with Gasteiger partial charge >= 0.3 is 5.97 Å². The van der Waals surface area contributed by atoms with E-state index in [0.717, 1.165) is 5.56 Å². The number of benzene rings is 2. The maximum absolute atomic E-state index is 12.0. The molecule has 0 N–H and O–H groups in total. The molecule has 2 aromatic rings. The molecule has 2 rings (SSSR count). The third kappa shape index (κ3) is 4.99. The van der Waals surface area contributed by atoms with Gasteiger partial charge in [0.2, 0.25) is 0 Å². The lowest BCUT2D eigenvalue weighted by molar-refractivity contribution is 0.0593. The van der Waals surface area contributed by atoms with Crippen molar-refractivity contribution in [3.8, 4) is 11.5 Å². The second-order valence-electron chi connectivity index (χ2n) is 5.31. The highest BCUT2D eigenvalue weighted by Crippen LogP contribution is 2.26. The molecule has 0 aromatic heterocycles. The van der Waals surface area contributed by atoms with Crippen molar-refractivity contribution >= 4 is 5.97 Å². The van der Waals surface area contributed by atoms with E-state index in [1.807, 2.05) is 37.3 Å². The number of ether oxygens (including phenoxy) is 4. The Hall–Kier alpha value is -2.53. The highest BCUT2D eigenvalue weighted by molar-refractivity contribution is 5.93. The van der Waals surface area contributed by atoms with Gasteiger partial charge in [-0.25, -0.2) is 4.79 Å². The fourth-order valence-corrected chi connectivity index (χ4v) is 2.21. The van der Waals surface area contributed by atoms with E-state index < -0.39 is 5.97 Å². The molecule has 2 aromatic carbocycles. The van der Waals surface area contributed by atoms with Crippen molar-refractivity contribution in [3.63, 3.8) is 0 Å². The number of hydrogen-bond donors (Lipinski definition) is 0. The average molecular weight is 330 g/mol. The van der Waals surface area contributed by atoms with Crippen molar-refractivity contribution in [2.24, 2.45) is 0 Å². The summed E-state index contributed by atoms with van der Waals surface area (Å²) in [5.41, 5.74) is 1.35. The third-order valence-corrected chi connectivity index (χ3v) is 3.33. The zero-order valence-electron chi connectivity index (χ0n) is 14.2. The summed E-state index contributed by atoms with van der Waals surface area (Å²) < 4.78 is 21.4. The Balaban J connectivity index is 2.15.